The molecule has 0 spiro atoms. The molecule has 1 aliphatic heterocycles. The van der Waals surface area contributed by atoms with Crippen LogP contribution in [0, 0.1) is 0 Å². The summed E-state index contributed by atoms with van der Waals surface area (Å²) in [5.41, 5.74) is 1.14. The Balaban J connectivity index is 2.31. The van der Waals surface area contributed by atoms with Gasteiger partial charge in [-0.2, -0.15) is 0 Å². The lowest BCUT2D eigenvalue weighted by Gasteiger charge is -1.95. The average Bonchev–Trinajstić information content (AvgIpc) is 2.45. The Kier molecular flexibility index (Phi) is 2.56. The predicted molar refractivity (Wildman–Crippen MR) is 55.1 cm³/mol. The number of benzene rings is 1. The van der Waals surface area contributed by atoms with Crippen LogP contribution in [-0.2, 0) is 14.3 Å². The van der Waals surface area contributed by atoms with Crippen molar-refractivity contribution in [2.45, 2.75) is 6.42 Å². The van der Waals surface area contributed by atoms with Crippen LogP contribution in [0.15, 0.2) is 29.8 Å². The Morgan fingerprint density at radius 3 is 2.73 bits per heavy atom. The number of rotatable bonds is 1. The van der Waals surface area contributed by atoms with Crippen LogP contribution in [0.25, 0.3) is 6.08 Å². The van der Waals surface area contributed by atoms with Crippen molar-refractivity contribution in [3.8, 4) is 0 Å². The molecule has 15 heavy (non-hydrogen) atoms. The Morgan fingerprint density at radius 2 is 2.13 bits per heavy atom. The second-order valence-corrected chi connectivity index (χ2v) is 3.60. The maximum atomic E-state index is 11.1. The highest BCUT2D eigenvalue weighted by Gasteiger charge is 2.26. The minimum absolute atomic E-state index is 0.0331. The molecule has 0 saturated carbocycles. The smallest absolute Gasteiger partial charge is 0.342 e. The molecule has 1 aliphatic rings. The van der Waals surface area contributed by atoms with Gasteiger partial charge < -0.3 is 4.74 Å². The van der Waals surface area contributed by atoms with Gasteiger partial charge in [-0.15, -0.1) is 0 Å². The van der Waals surface area contributed by atoms with Crippen molar-refractivity contribution in [2.24, 2.45) is 0 Å². The van der Waals surface area contributed by atoms with Crippen LogP contribution >= 0.6 is 11.6 Å². The lowest BCUT2D eigenvalue weighted by molar-refractivity contribution is -0.151. The lowest BCUT2D eigenvalue weighted by Crippen LogP contribution is -1.96. The molecule has 0 bridgehead atoms. The van der Waals surface area contributed by atoms with Gasteiger partial charge in [0.05, 0.1) is 6.42 Å². The zero-order chi connectivity index (χ0) is 10.8. The molecule has 3 nitrogen and oxygen atoms in total. The van der Waals surface area contributed by atoms with E-state index in [9.17, 15) is 9.59 Å². The topological polar surface area (TPSA) is 43.4 Å². The first kappa shape index (κ1) is 9.93. The van der Waals surface area contributed by atoms with Crippen LogP contribution < -0.4 is 0 Å². The summed E-state index contributed by atoms with van der Waals surface area (Å²) < 4.78 is 4.40. The van der Waals surface area contributed by atoms with Crippen molar-refractivity contribution in [1.82, 2.24) is 0 Å². The highest BCUT2D eigenvalue weighted by molar-refractivity contribution is 6.30. The molecule has 2 rings (SSSR count). The lowest BCUT2D eigenvalue weighted by atomic mass is 10.1. The van der Waals surface area contributed by atoms with Crippen molar-refractivity contribution < 1.29 is 14.3 Å². The molecule has 1 aromatic rings. The molecule has 1 heterocycles. The van der Waals surface area contributed by atoms with E-state index >= 15 is 0 Å². The minimum Gasteiger partial charge on any atom is -0.389 e. The van der Waals surface area contributed by atoms with Gasteiger partial charge in [0.15, 0.2) is 0 Å². The van der Waals surface area contributed by atoms with Gasteiger partial charge in [-0.1, -0.05) is 23.7 Å². The van der Waals surface area contributed by atoms with Crippen molar-refractivity contribution in [1.29, 1.82) is 0 Å². The van der Waals surface area contributed by atoms with Crippen LogP contribution in [0.1, 0.15) is 12.0 Å². The van der Waals surface area contributed by atoms with Gasteiger partial charge in [0.25, 0.3) is 0 Å². The fourth-order valence-electron chi connectivity index (χ4n) is 1.34. The molecule has 1 aromatic carbocycles. The van der Waals surface area contributed by atoms with E-state index < -0.39 is 11.9 Å². The van der Waals surface area contributed by atoms with E-state index in [1.807, 2.05) is 0 Å². The number of esters is 2. The van der Waals surface area contributed by atoms with E-state index in [1.165, 1.54) is 0 Å². The maximum absolute atomic E-state index is 11.1. The summed E-state index contributed by atoms with van der Waals surface area (Å²) in [4.78, 5) is 21.9. The van der Waals surface area contributed by atoms with Crippen LogP contribution in [0.3, 0.4) is 0 Å². The van der Waals surface area contributed by atoms with E-state index in [4.69, 9.17) is 11.6 Å². The summed E-state index contributed by atoms with van der Waals surface area (Å²) in [5, 5.41) is 0.585. The number of hydrogen-bond acceptors (Lipinski definition) is 3. The van der Waals surface area contributed by atoms with Gasteiger partial charge in [-0.3, -0.25) is 4.79 Å². The molecular weight excluding hydrogens is 216 g/mol. The zero-order valence-electron chi connectivity index (χ0n) is 7.70. The molecule has 0 atom stereocenters. The van der Waals surface area contributed by atoms with Gasteiger partial charge in [0.2, 0.25) is 0 Å². The number of carbonyl (C=O) groups excluding carboxylic acids is 2. The molecule has 1 fully saturated rings. The van der Waals surface area contributed by atoms with Crippen LogP contribution in [0.2, 0.25) is 5.02 Å². The zero-order valence-corrected chi connectivity index (χ0v) is 8.45. The highest BCUT2D eigenvalue weighted by atomic mass is 35.5. The summed E-state index contributed by atoms with van der Waals surface area (Å²) in [6.45, 7) is 0. The highest BCUT2D eigenvalue weighted by Crippen LogP contribution is 2.20. The molecule has 1 saturated heterocycles. The van der Waals surface area contributed by atoms with E-state index in [2.05, 4.69) is 4.74 Å². The number of carbonyl (C=O) groups is 2. The standard InChI is InChI=1S/C11H7ClO3/c12-9-3-1-2-7(5-9)4-8-6-10(13)15-11(8)14/h1-5H,6H2/b8-4+. The summed E-state index contributed by atoms with van der Waals surface area (Å²) in [5.74, 6) is -1.08. The molecule has 0 aromatic heterocycles. The Bertz CT molecular complexity index is 463. The summed E-state index contributed by atoms with van der Waals surface area (Å²) in [6.07, 6.45) is 1.64. The van der Waals surface area contributed by atoms with Gasteiger partial charge in [0.1, 0.15) is 0 Å². The molecule has 0 aliphatic carbocycles. The second-order valence-electron chi connectivity index (χ2n) is 3.16. The molecule has 0 amide bonds. The minimum atomic E-state index is -0.569. The van der Waals surface area contributed by atoms with E-state index in [1.54, 1.807) is 30.3 Å². The van der Waals surface area contributed by atoms with Gasteiger partial charge in [-0.25, -0.2) is 4.79 Å². The predicted octanol–water partition coefficient (Wildman–Crippen LogP) is 2.20. The fraction of sp³-hybridized carbons (Fsp3) is 0.0909. The largest absolute Gasteiger partial charge is 0.389 e. The van der Waals surface area contributed by atoms with Crippen molar-refractivity contribution >= 4 is 29.6 Å². The molecule has 0 N–H and O–H groups in total. The van der Waals surface area contributed by atoms with Crippen molar-refractivity contribution in [3.63, 3.8) is 0 Å². The van der Waals surface area contributed by atoms with E-state index in [-0.39, 0.29) is 6.42 Å². The van der Waals surface area contributed by atoms with Crippen molar-refractivity contribution in [3.05, 3.63) is 40.4 Å². The van der Waals surface area contributed by atoms with Crippen LogP contribution in [0.5, 0.6) is 0 Å². The quantitative estimate of drug-likeness (QED) is 0.416. The second kappa shape index (κ2) is 3.87. The first-order valence-corrected chi connectivity index (χ1v) is 4.74. The third kappa shape index (κ3) is 2.25. The van der Waals surface area contributed by atoms with E-state index in [0.29, 0.717) is 10.6 Å². The number of cyclic esters (lactones) is 2. The fourth-order valence-corrected chi connectivity index (χ4v) is 1.54. The number of halogens is 1. The van der Waals surface area contributed by atoms with Gasteiger partial charge >= 0.3 is 11.9 Å². The van der Waals surface area contributed by atoms with Crippen LogP contribution in [0.4, 0.5) is 0 Å². The summed E-state index contributed by atoms with van der Waals surface area (Å²) in [7, 11) is 0. The molecule has 0 unspecified atom stereocenters. The van der Waals surface area contributed by atoms with Crippen LogP contribution in [-0.4, -0.2) is 11.9 Å². The van der Waals surface area contributed by atoms with Crippen molar-refractivity contribution in [2.75, 3.05) is 0 Å². The SMILES string of the molecule is O=C1C/C(=C\c2cccc(Cl)c2)C(=O)O1. The number of hydrogen-bond donors (Lipinski definition) is 0. The van der Waals surface area contributed by atoms with Gasteiger partial charge in [0, 0.05) is 10.6 Å². The molecule has 4 heteroatoms. The van der Waals surface area contributed by atoms with E-state index in [0.717, 1.165) is 5.56 Å². The first-order chi connectivity index (χ1) is 7.15. The summed E-state index contributed by atoms with van der Waals surface area (Å²) >= 11 is 5.78. The normalized spacial score (nSPS) is 18.3. The summed E-state index contributed by atoms with van der Waals surface area (Å²) in [6, 6.07) is 7.03. The Labute approximate surface area is 91.3 Å². The van der Waals surface area contributed by atoms with Gasteiger partial charge in [-0.05, 0) is 23.8 Å². The molecule has 76 valence electrons. The number of ether oxygens (including phenoxy) is 1. The molecular formula is C11H7ClO3. The third-order valence-corrected chi connectivity index (χ3v) is 2.23. The Morgan fingerprint density at radius 1 is 1.33 bits per heavy atom. The average molecular weight is 223 g/mol. The monoisotopic (exact) mass is 222 g/mol. The maximum Gasteiger partial charge on any atom is 0.342 e. The third-order valence-electron chi connectivity index (χ3n) is 1.99. The first-order valence-electron chi connectivity index (χ1n) is 4.36. The Hall–Kier alpha value is -1.61. The molecule has 0 radical (unpaired) electrons.